The van der Waals surface area contributed by atoms with Gasteiger partial charge in [0.15, 0.2) is 0 Å². The number of hydrogen-bond acceptors (Lipinski definition) is 4. The Labute approximate surface area is 131 Å². The lowest BCUT2D eigenvalue weighted by Crippen LogP contribution is -2.35. The van der Waals surface area contributed by atoms with Gasteiger partial charge in [0.2, 0.25) is 5.91 Å². The molecule has 6 nitrogen and oxygen atoms in total. The van der Waals surface area contributed by atoms with Crippen LogP contribution in [-0.4, -0.2) is 31.3 Å². The Morgan fingerprint density at radius 1 is 1.14 bits per heavy atom. The zero-order chi connectivity index (χ0) is 16.6. The van der Waals surface area contributed by atoms with Crippen molar-refractivity contribution in [3.05, 3.63) is 29.8 Å². The van der Waals surface area contributed by atoms with Crippen LogP contribution in [0.15, 0.2) is 24.3 Å². The van der Waals surface area contributed by atoms with E-state index in [4.69, 9.17) is 9.47 Å². The van der Waals surface area contributed by atoms with Gasteiger partial charge in [-0.1, -0.05) is 18.2 Å². The minimum atomic E-state index is -0.545. The van der Waals surface area contributed by atoms with E-state index in [0.717, 1.165) is 11.3 Å². The Bertz CT molecular complexity index is 509. The van der Waals surface area contributed by atoms with E-state index in [0.29, 0.717) is 6.54 Å². The van der Waals surface area contributed by atoms with E-state index in [9.17, 15) is 9.59 Å². The van der Waals surface area contributed by atoms with Crippen LogP contribution >= 0.6 is 0 Å². The highest BCUT2D eigenvalue weighted by molar-refractivity contribution is 5.77. The van der Waals surface area contributed by atoms with Crippen LogP contribution in [0.2, 0.25) is 0 Å². The topological polar surface area (TPSA) is 76.7 Å². The summed E-state index contributed by atoms with van der Waals surface area (Å²) in [7, 11) is 1.59. The molecule has 2 N–H and O–H groups in total. The van der Waals surface area contributed by atoms with E-state index in [1.807, 2.05) is 24.3 Å². The molecule has 0 heterocycles. The average Bonchev–Trinajstić information content (AvgIpc) is 2.43. The molecule has 0 aliphatic heterocycles. The lowest BCUT2D eigenvalue weighted by atomic mass is 10.2. The smallest absolute Gasteiger partial charge is 0.407 e. The first kappa shape index (κ1) is 17.8. The molecule has 0 spiro atoms. The number of nitrogens with one attached hydrogen (secondary N) is 2. The van der Waals surface area contributed by atoms with Crippen LogP contribution in [0.4, 0.5) is 4.79 Å². The summed E-state index contributed by atoms with van der Waals surface area (Å²) in [5, 5.41) is 5.33. The number of carbonyl (C=O) groups is 2. The molecule has 2 amide bonds. The molecule has 0 atom stereocenters. The van der Waals surface area contributed by atoms with E-state index in [1.165, 1.54) is 0 Å². The zero-order valence-corrected chi connectivity index (χ0v) is 13.6. The van der Waals surface area contributed by atoms with Crippen LogP contribution in [0.1, 0.15) is 32.8 Å². The lowest BCUT2D eigenvalue weighted by molar-refractivity contribution is -0.121. The fourth-order valence-corrected chi connectivity index (χ4v) is 1.72. The second-order valence-electron chi connectivity index (χ2n) is 5.77. The van der Waals surface area contributed by atoms with Gasteiger partial charge < -0.3 is 20.1 Å². The summed E-state index contributed by atoms with van der Waals surface area (Å²) in [4.78, 5) is 23.2. The Kier molecular flexibility index (Phi) is 6.69. The fourth-order valence-electron chi connectivity index (χ4n) is 1.72. The van der Waals surface area contributed by atoms with Crippen LogP contribution in [-0.2, 0) is 16.1 Å². The number of rotatable bonds is 6. The average molecular weight is 308 g/mol. The van der Waals surface area contributed by atoms with E-state index in [1.54, 1.807) is 27.9 Å². The summed E-state index contributed by atoms with van der Waals surface area (Å²) >= 11 is 0. The largest absolute Gasteiger partial charge is 0.496 e. The van der Waals surface area contributed by atoms with Crippen LogP contribution in [0.5, 0.6) is 5.75 Å². The van der Waals surface area contributed by atoms with Crippen LogP contribution in [0.25, 0.3) is 0 Å². The van der Waals surface area contributed by atoms with Crippen molar-refractivity contribution < 1.29 is 19.1 Å². The number of methoxy groups -OCH3 is 1. The molecule has 0 bridgehead atoms. The number of ether oxygens (including phenoxy) is 2. The third kappa shape index (κ3) is 6.97. The number of alkyl carbamates (subject to hydrolysis) is 1. The van der Waals surface area contributed by atoms with Gasteiger partial charge in [-0.2, -0.15) is 0 Å². The van der Waals surface area contributed by atoms with E-state index < -0.39 is 11.7 Å². The van der Waals surface area contributed by atoms with Crippen molar-refractivity contribution in [2.75, 3.05) is 13.7 Å². The molecule has 0 unspecified atom stereocenters. The summed E-state index contributed by atoms with van der Waals surface area (Å²) in [5.41, 5.74) is 0.356. The minimum absolute atomic E-state index is 0.151. The molecule has 0 fully saturated rings. The second kappa shape index (κ2) is 8.26. The van der Waals surface area contributed by atoms with Crippen molar-refractivity contribution in [3.8, 4) is 5.75 Å². The van der Waals surface area contributed by atoms with Gasteiger partial charge in [0, 0.05) is 25.1 Å². The van der Waals surface area contributed by atoms with Gasteiger partial charge in [-0.15, -0.1) is 0 Å². The highest BCUT2D eigenvalue weighted by Crippen LogP contribution is 2.16. The highest BCUT2D eigenvalue weighted by atomic mass is 16.6. The lowest BCUT2D eigenvalue weighted by Gasteiger charge is -2.19. The molecule has 0 saturated heterocycles. The highest BCUT2D eigenvalue weighted by Gasteiger charge is 2.15. The first-order valence-corrected chi connectivity index (χ1v) is 7.17. The van der Waals surface area contributed by atoms with Crippen LogP contribution in [0.3, 0.4) is 0 Å². The minimum Gasteiger partial charge on any atom is -0.496 e. The van der Waals surface area contributed by atoms with Crippen molar-refractivity contribution in [2.24, 2.45) is 0 Å². The summed E-state index contributed by atoms with van der Waals surface area (Å²) in [6.45, 7) is 5.97. The Morgan fingerprint density at radius 2 is 1.82 bits per heavy atom. The van der Waals surface area contributed by atoms with Crippen LogP contribution in [0, 0.1) is 0 Å². The van der Waals surface area contributed by atoms with Crippen molar-refractivity contribution in [2.45, 2.75) is 39.3 Å². The summed E-state index contributed by atoms with van der Waals surface area (Å²) in [5.74, 6) is 0.580. The fraction of sp³-hybridized carbons (Fsp3) is 0.500. The first-order valence-electron chi connectivity index (χ1n) is 7.17. The third-order valence-corrected chi connectivity index (χ3v) is 2.69. The molecule has 1 aromatic carbocycles. The molecule has 0 aromatic heterocycles. The molecule has 0 aliphatic rings. The summed E-state index contributed by atoms with van der Waals surface area (Å²) in [6.07, 6.45) is -0.334. The molecule has 22 heavy (non-hydrogen) atoms. The van der Waals surface area contributed by atoms with Crippen LogP contribution < -0.4 is 15.4 Å². The van der Waals surface area contributed by atoms with Crippen molar-refractivity contribution in [3.63, 3.8) is 0 Å². The number of para-hydroxylation sites is 1. The van der Waals surface area contributed by atoms with Gasteiger partial charge in [-0.25, -0.2) is 4.79 Å². The predicted octanol–water partition coefficient (Wildman–Crippen LogP) is 2.23. The zero-order valence-electron chi connectivity index (χ0n) is 13.6. The van der Waals surface area contributed by atoms with Crippen molar-refractivity contribution >= 4 is 12.0 Å². The maximum absolute atomic E-state index is 11.7. The Morgan fingerprint density at radius 3 is 2.45 bits per heavy atom. The predicted molar refractivity (Wildman–Crippen MR) is 83.7 cm³/mol. The molecule has 0 radical (unpaired) electrons. The van der Waals surface area contributed by atoms with Crippen molar-refractivity contribution in [1.29, 1.82) is 0 Å². The molecule has 0 saturated carbocycles. The Balaban J connectivity index is 2.28. The Hall–Kier alpha value is -2.24. The quantitative estimate of drug-likeness (QED) is 0.845. The summed E-state index contributed by atoms with van der Waals surface area (Å²) in [6, 6.07) is 7.48. The SMILES string of the molecule is COc1ccccc1CNC(=O)CCNC(=O)OC(C)(C)C. The van der Waals surface area contributed by atoms with Gasteiger partial charge in [-0.05, 0) is 26.8 Å². The summed E-state index contributed by atoms with van der Waals surface area (Å²) < 4.78 is 10.3. The van der Waals surface area contributed by atoms with Gasteiger partial charge in [0.25, 0.3) is 0 Å². The monoisotopic (exact) mass is 308 g/mol. The second-order valence-corrected chi connectivity index (χ2v) is 5.77. The molecule has 6 heteroatoms. The molecular formula is C16H24N2O4. The van der Waals surface area contributed by atoms with Gasteiger partial charge in [-0.3, -0.25) is 4.79 Å². The third-order valence-electron chi connectivity index (χ3n) is 2.69. The van der Waals surface area contributed by atoms with E-state index in [2.05, 4.69) is 10.6 Å². The number of benzene rings is 1. The maximum Gasteiger partial charge on any atom is 0.407 e. The maximum atomic E-state index is 11.7. The number of amides is 2. The first-order chi connectivity index (χ1) is 10.3. The van der Waals surface area contributed by atoms with E-state index >= 15 is 0 Å². The van der Waals surface area contributed by atoms with Gasteiger partial charge in [0.1, 0.15) is 11.4 Å². The standard InChI is InChI=1S/C16H24N2O4/c1-16(2,3)22-15(20)17-10-9-14(19)18-11-12-7-5-6-8-13(12)21-4/h5-8H,9-11H2,1-4H3,(H,17,20)(H,18,19). The van der Waals surface area contributed by atoms with Gasteiger partial charge >= 0.3 is 6.09 Å². The molecular weight excluding hydrogens is 284 g/mol. The van der Waals surface area contributed by atoms with Gasteiger partial charge in [0.05, 0.1) is 7.11 Å². The van der Waals surface area contributed by atoms with Crippen molar-refractivity contribution in [1.82, 2.24) is 10.6 Å². The number of hydrogen-bond donors (Lipinski definition) is 2. The molecule has 1 aromatic rings. The molecule has 0 aliphatic carbocycles. The molecule has 122 valence electrons. The van der Waals surface area contributed by atoms with E-state index in [-0.39, 0.29) is 18.9 Å². The molecule has 1 rings (SSSR count). The normalized spacial score (nSPS) is 10.7. The number of carbonyl (C=O) groups excluding carboxylic acids is 2.